The largest absolute Gasteiger partial charge is 0.335 e. The standard InChI is InChI=1S/C20H15ClFN3O2/c21-16-6-3-4-12(20(16)22)11-25-17-7-2-1-5-14(17)15-8-13(9-19(26)24-27)23-10-18(15)25/h1-8,10,27H,9,11H2,(H,24,26). The Morgan fingerprint density at radius 1 is 1.15 bits per heavy atom. The van der Waals surface area contributed by atoms with Gasteiger partial charge >= 0.3 is 0 Å². The Labute approximate surface area is 159 Å². The second-order valence-corrected chi connectivity index (χ2v) is 6.63. The highest BCUT2D eigenvalue weighted by Crippen LogP contribution is 2.30. The lowest BCUT2D eigenvalue weighted by atomic mass is 10.1. The summed E-state index contributed by atoms with van der Waals surface area (Å²) in [5, 5.41) is 10.7. The minimum Gasteiger partial charge on any atom is -0.335 e. The van der Waals surface area contributed by atoms with Crippen molar-refractivity contribution in [2.24, 2.45) is 0 Å². The van der Waals surface area contributed by atoms with Gasteiger partial charge in [-0.05, 0) is 18.2 Å². The number of para-hydroxylation sites is 1. The first-order valence-electron chi connectivity index (χ1n) is 8.30. The van der Waals surface area contributed by atoms with E-state index in [2.05, 4.69) is 4.98 Å². The van der Waals surface area contributed by atoms with E-state index in [4.69, 9.17) is 16.8 Å². The van der Waals surface area contributed by atoms with Gasteiger partial charge in [-0.15, -0.1) is 0 Å². The van der Waals surface area contributed by atoms with Gasteiger partial charge < -0.3 is 4.57 Å². The van der Waals surface area contributed by atoms with Crippen LogP contribution in [-0.2, 0) is 17.8 Å². The fourth-order valence-electron chi connectivity index (χ4n) is 3.30. The molecule has 0 aliphatic carbocycles. The van der Waals surface area contributed by atoms with E-state index in [1.165, 1.54) is 6.07 Å². The zero-order valence-electron chi connectivity index (χ0n) is 14.1. The van der Waals surface area contributed by atoms with E-state index in [0.717, 1.165) is 21.8 Å². The van der Waals surface area contributed by atoms with E-state index >= 15 is 0 Å². The van der Waals surface area contributed by atoms with Crippen molar-refractivity contribution in [2.75, 3.05) is 0 Å². The van der Waals surface area contributed by atoms with Crippen molar-refractivity contribution >= 4 is 39.3 Å². The quantitative estimate of drug-likeness (QED) is 0.412. The number of carbonyl (C=O) groups is 1. The summed E-state index contributed by atoms with van der Waals surface area (Å²) < 4.78 is 16.4. The second kappa shape index (κ2) is 6.98. The summed E-state index contributed by atoms with van der Waals surface area (Å²) in [5.41, 5.74) is 4.37. The van der Waals surface area contributed by atoms with Crippen LogP contribution in [0.3, 0.4) is 0 Å². The number of pyridine rings is 1. The van der Waals surface area contributed by atoms with Crippen LogP contribution in [0.1, 0.15) is 11.3 Å². The molecule has 4 aromatic rings. The molecule has 2 aromatic heterocycles. The zero-order valence-corrected chi connectivity index (χ0v) is 14.9. The number of hydrogen-bond acceptors (Lipinski definition) is 3. The number of fused-ring (bicyclic) bond motifs is 3. The average molecular weight is 384 g/mol. The molecule has 136 valence electrons. The third-order valence-electron chi connectivity index (χ3n) is 4.54. The van der Waals surface area contributed by atoms with Gasteiger partial charge in [0.1, 0.15) is 5.82 Å². The maximum absolute atomic E-state index is 14.4. The van der Waals surface area contributed by atoms with Gasteiger partial charge in [-0.25, -0.2) is 9.87 Å². The molecule has 27 heavy (non-hydrogen) atoms. The van der Waals surface area contributed by atoms with Gasteiger partial charge in [-0.3, -0.25) is 15.0 Å². The third-order valence-corrected chi connectivity index (χ3v) is 4.83. The predicted octanol–water partition coefficient (Wildman–Crippen LogP) is 4.08. The van der Waals surface area contributed by atoms with Gasteiger partial charge in [0, 0.05) is 21.9 Å². The molecule has 2 heterocycles. The number of carbonyl (C=O) groups excluding carboxylic acids is 1. The Morgan fingerprint density at radius 3 is 2.78 bits per heavy atom. The molecular formula is C20H15ClFN3O2. The summed E-state index contributed by atoms with van der Waals surface area (Å²) in [6.07, 6.45) is 1.63. The predicted molar refractivity (Wildman–Crippen MR) is 101 cm³/mol. The molecule has 0 radical (unpaired) electrons. The van der Waals surface area contributed by atoms with E-state index in [9.17, 15) is 9.18 Å². The normalized spacial score (nSPS) is 11.2. The maximum Gasteiger partial charge on any atom is 0.249 e. The van der Waals surface area contributed by atoms with Crippen molar-refractivity contribution < 1.29 is 14.4 Å². The van der Waals surface area contributed by atoms with E-state index in [1.54, 1.807) is 23.8 Å². The fourth-order valence-corrected chi connectivity index (χ4v) is 3.49. The number of aromatic nitrogens is 2. The molecular weight excluding hydrogens is 369 g/mol. The van der Waals surface area contributed by atoms with Gasteiger partial charge in [0.2, 0.25) is 5.91 Å². The summed E-state index contributed by atoms with van der Waals surface area (Å²) in [4.78, 5) is 15.8. The lowest BCUT2D eigenvalue weighted by Gasteiger charge is -2.09. The Kier molecular flexibility index (Phi) is 4.51. The number of nitrogens with zero attached hydrogens (tertiary/aromatic N) is 2. The third kappa shape index (κ3) is 3.13. The first kappa shape index (κ1) is 17.5. The maximum atomic E-state index is 14.4. The minimum atomic E-state index is -0.536. The van der Waals surface area contributed by atoms with Gasteiger partial charge in [0.15, 0.2) is 0 Å². The Bertz CT molecular complexity index is 1170. The molecule has 0 unspecified atom stereocenters. The van der Waals surface area contributed by atoms with Crippen LogP contribution in [0.5, 0.6) is 0 Å². The Morgan fingerprint density at radius 2 is 1.96 bits per heavy atom. The van der Waals surface area contributed by atoms with Gasteiger partial charge in [0.05, 0.1) is 35.4 Å². The van der Waals surface area contributed by atoms with Crippen molar-refractivity contribution in [3.8, 4) is 0 Å². The van der Waals surface area contributed by atoms with Crippen LogP contribution in [-0.4, -0.2) is 20.7 Å². The lowest BCUT2D eigenvalue weighted by molar-refractivity contribution is -0.128. The molecule has 0 saturated carbocycles. The SMILES string of the molecule is O=C(Cc1cc2c3ccccc3n(Cc3cccc(Cl)c3F)c2cn1)NO. The molecule has 2 aromatic carbocycles. The average Bonchev–Trinajstić information content (AvgIpc) is 2.99. The minimum absolute atomic E-state index is 0.0329. The van der Waals surface area contributed by atoms with E-state index < -0.39 is 11.7 Å². The van der Waals surface area contributed by atoms with Crippen molar-refractivity contribution in [1.29, 1.82) is 0 Å². The zero-order chi connectivity index (χ0) is 19.0. The lowest BCUT2D eigenvalue weighted by Crippen LogP contribution is -2.21. The molecule has 0 spiro atoms. The number of hydrogen-bond donors (Lipinski definition) is 2. The van der Waals surface area contributed by atoms with Crippen LogP contribution >= 0.6 is 11.6 Å². The van der Waals surface area contributed by atoms with Gasteiger partial charge in [-0.2, -0.15) is 0 Å². The molecule has 2 N–H and O–H groups in total. The van der Waals surface area contributed by atoms with Crippen LogP contribution in [0, 0.1) is 5.82 Å². The summed E-state index contributed by atoms with van der Waals surface area (Å²) in [7, 11) is 0. The number of halogens is 2. The van der Waals surface area contributed by atoms with Crippen molar-refractivity contribution in [2.45, 2.75) is 13.0 Å². The monoisotopic (exact) mass is 383 g/mol. The van der Waals surface area contributed by atoms with Crippen LogP contribution in [0.4, 0.5) is 4.39 Å². The molecule has 0 aliphatic heterocycles. The van der Waals surface area contributed by atoms with Crippen molar-refractivity contribution in [3.05, 3.63) is 76.8 Å². The number of nitrogens with one attached hydrogen (secondary N) is 1. The molecule has 0 atom stereocenters. The van der Waals surface area contributed by atoms with E-state index in [-0.39, 0.29) is 11.4 Å². The fraction of sp³-hybridized carbons (Fsp3) is 0.100. The first-order valence-corrected chi connectivity index (χ1v) is 8.68. The smallest absolute Gasteiger partial charge is 0.249 e. The van der Waals surface area contributed by atoms with Crippen molar-refractivity contribution in [3.63, 3.8) is 0 Å². The summed E-state index contributed by atoms with van der Waals surface area (Å²) in [6, 6.07) is 14.5. The Hall–Kier alpha value is -2.96. The molecule has 4 rings (SSSR count). The highest BCUT2D eigenvalue weighted by molar-refractivity contribution is 6.30. The van der Waals surface area contributed by atoms with Crippen molar-refractivity contribution in [1.82, 2.24) is 15.0 Å². The molecule has 7 heteroatoms. The number of rotatable bonds is 4. The first-order chi connectivity index (χ1) is 13.1. The Balaban J connectivity index is 1.88. The molecule has 0 aliphatic rings. The van der Waals surface area contributed by atoms with Gasteiger partial charge in [0.25, 0.3) is 0 Å². The highest BCUT2D eigenvalue weighted by atomic mass is 35.5. The van der Waals surface area contributed by atoms with Crippen LogP contribution in [0.2, 0.25) is 5.02 Å². The topological polar surface area (TPSA) is 67.2 Å². The number of amides is 1. The highest BCUT2D eigenvalue weighted by Gasteiger charge is 2.15. The molecule has 0 saturated heterocycles. The number of benzene rings is 2. The van der Waals surface area contributed by atoms with Crippen LogP contribution in [0.25, 0.3) is 21.8 Å². The molecule has 0 fully saturated rings. The summed E-state index contributed by atoms with van der Waals surface area (Å²) >= 11 is 5.92. The molecule has 1 amide bonds. The van der Waals surface area contributed by atoms with E-state index in [0.29, 0.717) is 17.8 Å². The van der Waals surface area contributed by atoms with Crippen LogP contribution < -0.4 is 5.48 Å². The molecule has 5 nitrogen and oxygen atoms in total. The number of hydroxylamine groups is 1. The van der Waals surface area contributed by atoms with E-state index in [1.807, 2.05) is 34.9 Å². The van der Waals surface area contributed by atoms with Crippen LogP contribution in [0.15, 0.2) is 54.7 Å². The van der Waals surface area contributed by atoms with Gasteiger partial charge in [-0.1, -0.05) is 41.9 Å². The molecule has 0 bridgehead atoms. The summed E-state index contributed by atoms with van der Waals surface area (Å²) in [6.45, 7) is 0.300. The summed E-state index contributed by atoms with van der Waals surface area (Å²) in [5.74, 6) is -0.971. The second-order valence-electron chi connectivity index (χ2n) is 6.22.